The van der Waals surface area contributed by atoms with Crippen LogP contribution in [0.3, 0.4) is 0 Å². The minimum atomic E-state index is -2.81. The van der Waals surface area contributed by atoms with Gasteiger partial charge in [-0.15, -0.1) is 0 Å². The molecule has 0 aliphatic carbocycles. The van der Waals surface area contributed by atoms with Crippen LogP contribution in [0, 0.1) is 96.4 Å². The van der Waals surface area contributed by atoms with Crippen LogP contribution in [-0.2, 0) is 35.2 Å². The first kappa shape index (κ1) is 52.7. The van der Waals surface area contributed by atoms with Crippen molar-refractivity contribution >= 4 is 110 Å². The highest BCUT2D eigenvalue weighted by Crippen LogP contribution is 2.45. The fraction of sp³-hybridized carbons (Fsp3) is 0.227. The quantitative estimate of drug-likeness (QED) is 0.148. The molecule has 0 saturated heterocycles. The molecule has 0 aliphatic rings. The molecule has 2 unspecified atom stereocenters. The summed E-state index contributed by atoms with van der Waals surface area (Å²) in [6.45, 7) is -5.73. The maximum atomic E-state index is 8.67. The lowest BCUT2D eigenvalue weighted by Crippen LogP contribution is -2.32. The SMILES string of the molecule is [2H]C([2H])([2H])C([2H])(C)c1cc[n+](C)c(-c2c(C)ccc3c2oc2ccccc23)c1.[2H]C([2H])([2H])c1c[n+](C)c(-c2c(C)cc(C([2H])([2H])[2H])c3c2oc2ccccc23)cc1C.[2H]C([2H])([2H])c1c[n+](C)c(-c2c(C)cc(C([2H])([2H])[2H])c3c2oc2ccccc23)cc1C([2H])(C)C([2H])([2H])[2H].[2H]C([2H])([2H])c1c[n+](C)c(-c2c(C)ccc3c2oc2ccccc23)cc1C.[2H]C([2H])([2H])c1ccc(-c2c(C)cc(C([2H])([2H])[2H])c3c2oc2ccccc23)[n+](C)c1. The third-order valence-electron chi connectivity index (χ3n) is 22.7. The Morgan fingerprint density at radius 1 is 0.267 bits per heavy atom. The molecule has 10 aromatic heterocycles. The molecule has 20 rings (SSSR count). The molecule has 10 nitrogen and oxygen atoms in total. The van der Waals surface area contributed by atoms with E-state index in [1.54, 1.807) is 134 Å². The van der Waals surface area contributed by atoms with Gasteiger partial charge in [0.05, 0.1) is 27.8 Å². The Morgan fingerprint density at radius 3 is 1.02 bits per heavy atom. The molecular weight excluding hydrogens is 1470 g/mol. The normalized spacial score (nSPS) is 17.1. The molecule has 10 heterocycles. The second kappa shape index (κ2) is 32.3. The van der Waals surface area contributed by atoms with Gasteiger partial charge in [-0.2, -0.15) is 0 Å². The van der Waals surface area contributed by atoms with Gasteiger partial charge >= 0.3 is 0 Å². The van der Waals surface area contributed by atoms with E-state index in [2.05, 4.69) is 37.3 Å². The van der Waals surface area contributed by atoms with Crippen LogP contribution in [-0.4, -0.2) is 0 Å². The van der Waals surface area contributed by atoms with Gasteiger partial charge in [0.25, 0.3) is 0 Å². The number of hydrogen-bond acceptors (Lipinski definition) is 5. The Kier molecular flexibility index (Phi) is 14.2. The summed E-state index contributed by atoms with van der Waals surface area (Å²) in [6, 6.07) is 62.9. The van der Waals surface area contributed by atoms with E-state index in [0.717, 1.165) is 127 Å². The summed E-state index contributed by atoms with van der Waals surface area (Å²) in [5.41, 5.74) is 21.0. The number of aromatic nitrogens is 5. The summed E-state index contributed by atoms with van der Waals surface area (Å²) in [6.07, 6.45) is 8.03. The number of para-hydroxylation sites is 5. The molecular formula is C110H110N5O5+5. The first-order valence-corrected chi connectivity index (χ1v) is 39.4. The molecule has 10 aromatic carbocycles. The summed E-state index contributed by atoms with van der Waals surface area (Å²) >= 11 is 0. The zero-order valence-electron chi connectivity index (χ0n) is 98.3. The molecule has 0 radical (unpaired) electrons. The van der Waals surface area contributed by atoms with Crippen LogP contribution in [0.4, 0.5) is 0 Å². The van der Waals surface area contributed by atoms with E-state index in [0.29, 0.717) is 88.6 Å². The van der Waals surface area contributed by atoms with Gasteiger partial charge in [-0.3, -0.25) is 0 Å². The molecule has 600 valence electrons. The van der Waals surface area contributed by atoms with Gasteiger partial charge in [-0.05, 0) is 211 Å². The average molecular weight is 1610 g/mol. The Morgan fingerprint density at radius 2 is 0.617 bits per heavy atom. The fourth-order valence-electron chi connectivity index (χ4n) is 16.6. The molecule has 2 atom stereocenters. The number of benzene rings is 10. The molecule has 0 aliphatic heterocycles. The highest BCUT2D eigenvalue weighted by Gasteiger charge is 2.29. The Balaban J connectivity index is 0.000000133. The summed E-state index contributed by atoms with van der Waals surface area (Å²) < 4.78 is 270. The van der Waals surface area contributed by atoms with E-state index < -0.39 is 73.5 Å². The first-order chi connectivity index (χ1) is 69.1. The van der Waals surface area contributed by atoms with Crippen LogP contribution in [0.25, 0.3) is 166 Å². The lowest BCUT2D eigenvalue weighted by atomic mass is 9.93. The van der Waals surface area contributed by atoms with E-state index in [9.17, 15) is 0 Å². The van der Waals surface area contributed by atoms with Crippen LogP contribution in [0.15, 0.2) is 259 Å². The van der Waals surface area contributed by atoms with E-state index >= 15 is 0 Å². The van der Waals surface area contributed by atoms with Crippen molar-refractivity contribution in [1.82, 2.24) is 0 Å². The number of aryl methyl sites for hydroxylation is 19. The maximum Gasteiger partial charge on any atom is 0.216 e. The molecule has 0 spiro atoms. The molecule has 0 saturated carbocycles. The highest BCUT2D eigenvalue weighted by atomic mass is 16.3. The van der Waals surface area contributed by atoms with Crippen molar-refractivity contribution in [1.29, 1.82) is 0 Å². The zero-order chi connectivity index (χ0) is 109. The van der Waals surface area contributed by atoms with Gasteiger partial charge in [0.2, 0.25) is 28.5 Å². The zero-order valence-corrected chi connectivity index (χ0v) is 69.3. The number of pyridine rings is 5. The lowest BCUT2D eigenvalue weighted by Gasteiger charge is -2.13. The summed E-state index contributed by atoms with van der Waals surface area (Å²) in [5, 5.41) is 7.89. The van der Waals surface area contributed by atoms with Crippen molar-refractivity contribution < 1.29 is 84.7 Å². The van der Waals surface area contributed by atoms with Gasteiger partial charge in [0.15, 0.2) is 31.0 Å². The van der Waals surface area contributed by atoms with Crippen LogP contribution < -0.4 is 22.8 Å². The fourth-order valence-corrected chi connectivity index (χ4v) is 16.6. The maximum absolute atomic E-state index is 8.67. The largest absolute Gasteiger partial charge is 0.455 e. The summed E-state index contributed by atoms with van der Waals surface area (Å²) in [7, 11) is 8.98. The van der Waals surface area contributed by atoms with Gasteiger partial charge in [0.1, 0.15) is 91.1 Å². The topological polar surface area (TPSA) is 85.1 Å². The molecule has 10 heteroatoms. The molecule has 0 fully saturated rings. The van der Waals surface area contributed by atoms with Gasteiger partial charge in [-0.25, -0.2) is 22.8 Å². The van der Waals surface area contributed by atoms with Crippen LogP contribution in [0.5, 0.6) is 0 Å². The number of fused-ring (bicyclic) bond motifs is 15. The Hall–Kier alpha value is -13.1. The van der Waals surface area contributed by atoms with Crippen molar-refractivity contribution in [2.24, 2.45) is 35.2 Å². The molecule has 0 bridgehead atoms. The van der Waals surface area contributed by atoms with Gasteiger partial charge < -0.3 is 22.1 Å². The Labute approximate surface area is 745 Å². The third-order valence-corrected chi connectivity index (χ3v) is 22.7. The molecule has 0 N–H and O–H groups in total. The lowest BCUT2D eigenvalue weighted by molar-refractivity contribution is -0.660. The van der Waals surface area contributed by atoms with Crippen molar-refractivity contribution in [2.45, 2.75) is 136 Å². The van der Waals surface area contributed by atoms with Crippen LogP contribution >= 0.6 is 0 Å². The second-order valence-electron chi connectivity index (χ2n) is 31.1. The van der Waals surface area contributed by atoms with E-state index in [1.807, 2.05) is 160 Å². The number of furan rings is 5. The molecule has 20 aromatic rings. The smallest absolute Gasteiger partial charge is 0.216 e. The standard InChI is InChI=1S/C24H26NO.2C22H22NO.2C21H20NO/c1-14(2)19-12-20(25(6)13-17(19)5)23-16(4)11-15(3)22-18-9-7-8-10-21(18)26-24(22)23;1-13-11-18(23(5)12-16(13)4)21-15(3)10-14(2)20-17-8-6-7-9-19(17)24-22(20)21;1-14(2)16-11-12-23(4)19(13-16)21-15(3)9-10-18-17-7-5-6-8-20(17)24-22(18)21;1-13-9-10-17-16-7-5-6-8-19(16)23-21(17)20(13)18-11-14(2)15(3)12-22(18)4;1-13-9-10-17(22(4)12-13)20-15(3)11-14(2)19-16-7-5-6-8-18(16)23-21(19)20/h7-14H,1-6H3;6-12H,1-5H3;5-14H,1-4H3;2*5-12H,1-4H3/q5*+1/i1D3,3D3,5D3,14D;2D3,4D3;1D3,14D;3D3;1D3,2D3. The first-order valence-electron chi connectivity index (χ1n) is 53.9. The average Bonchev–Trinajstić information content (AvgIpc) is 1.57. The minimum absolute atomic E-state index is 0.124. The van der Waals surface area contributed by atoms with Crippen molar-refractivity contribution in [2.75, 3.05) is 0 Å². The van der Waals surface area contributed by atoms with Crippen LogP contribution in [0.2, 0.25) is 0 Å². The van der Waals surface area contributed by atoms with Crippen molar-refractivity contribution in [3.05, 3.63) is 326 Å². The van der Waals surface area contributed by atoms with Crippen molar-refractivity contribution in [3.8, 4) is 56.3 Å². The van der Waals surface area contributed by atoms with E-state index in [4.69, 9.17) is 61.8 Å². The minimum Gasteiger partial charge on any atom is -0.455 e. The van der Waals surface area contributed by atoms with Crippen LogP contribution in [0.1, 0.15) is 168 Å². The van der Waals surface area contributed by atoms with Crippen molar-refractivity contribution in [3.63, 3.8) is 0 Å². The molecule has 120 heavy (non-hydrogen) atoms. The van der Waals surface area contributed by atoms with Gasteiger partial charge in [-0.1, -0.05) is 161 Å². The molecule has 0 amide bonds. The monoisotopic (exact) mass is 1610 g/mol. The number of nitrogens with zero attached hydrogens (tertiary/aromatic N) is 5. The Bertz CT molecular complexity index is 8730. The second-order valence-corrected chi connectivity index (χ2v) is 31.1. The summed E-state index contributed by atoms with van der Waals surface area (Å²) in [4.78, 5) is 0. The highest BCUT2D eigenvalue weighted by molar-refractivity contribution is 6.15. The summed E-state index contributed by atoms with van der Waals surface area (Å²) in [5.74, 6) is -3.93. The van der Waals surface area contributed by atoms with E-state index in [-0.39, 0.29) is 38.9 Å². The number of hydrogen-bond donors (Lipinski definition) is 0. The van der Waals surface area contributed by atoms with E-state index in [1.165, 1.54) is 26.1 Å². The number of rotatable bonds is 7. The predicted molar refractivity (Wildman–Crippen MR) is 496 cm³/mol. The predicted octanol–water partition coefficient (Wildman–Crippen LogP) is 27.0. The third kappa shape index (κ3) is 14.7. The van der Waals surface area contributed by atoms with Gasteiger partial charge in [0, 0.05) is 152 Å².